The zero-order chi connectivity index (χ0) is 37.6. The quantitative estimate of drug-likeness (QED) is 0.0915. The molecule has 2 fully saturated rings. The van der Waals surface area contributed by atoms with Crippen molar-refractivity contribution in [2.24, 2.45) is 0 Å². The van der Waals surface area contributed by atoms with E-state index < -0.39 is 70.9 Å². The number of rotatable bonds is 16. The molecule has 24 heteroatoms. The van der Waals surface area contributed by atoms with Crippen LogP contribution in [0.1, 0.15) is 44.9 Å². The number of nitrogens with zero attached hydrogens (tertiary/aromatic N) is 4. The molecule has 2 heterocycles. The fourth-order valence-corrected chi connectivity index (χ4v) is 6.37. The van der Waals surface area contributed by atoms with Gasteiger partial charge in [0.2, 0.25) is 22.8 Å². The average molecular weight is 789 g/mol. The fraction of sp³-hybridized carbons (Fsp3) is 0.920. The molecule has 6 nitrogen and oxygen atoms in total. The molecule has 2 aliphatic rings. The Labute approximate surface area is 278 Å². The predicted octanol–water partition coefficient (Wildman–Crippen LogP) is 7.56. The van der Waals surface area contributed by atoms with Crippen LogP contribution in [-0.2, 0) is 9.59 Å². The second-order valence-electron chi connectivity index (χ2n) is 11.1. The highest BCUT2D eigenvalue weighted by molar-refractivity contribution is 7.97. The van der Waals surface area contributed by atoms with Gasteiger partial charge in [0.1, 0.15) is 0 Å². The number of alkyl halides is 16. The van der Waals surface area contributed by atoms with E-state index in [4.69, 9.17) is 0 Å². The number of carbonyl (C=O) groups excluding carboxylic acids is 2. The standard InChI is InChI=1S/C25H32F16N4O2S2/c26-18(20(28,29)22(32,33)24(36,37)38)48-44-12-8-42(9-13-44)16(46)6-4-2-1-3-5-7-17(47)43-10-14-45(15-11-43)49-19(27)21(30,31)23(34,35)25(39,40)41/h18-19H,1-15H2. The predicted molar refractivity (Wildman–Crippen MR) is 145 cm³/mol. The number of unbranched alkanes of at least 4 members (excludes halogenated alkanes) is 4. The monoisotopic (exact) mass is 788 g/mol. The Balaban J connectivity index is 1.60. The summed E-state index contributed by atoms with van der Waals surface area (Å²) < 4.78 is 209. The van der Waals surface area contributed by atoms with Gasteiger partial charge in [-0.15, -0.1) is 0 Å². The maximum atomic E-state index is 13.8. The Bertz CT molecular complexity index is 1000. The van der Waals surface area contributed by atoms with E-state index in [-0.39, 0.29) is 77.0 Å². The van der Waals surface area contributed by atoms with Crippen LogP contribution in [0.4, 0.5) is 70.2 Å². The van der Waals surface area contributed by atoms with Gasteiger partial charge in [-0.1, -0.05) is 19.3 Å². The van der Waals surface area contributed by atoms with Crippen molar-refractivity contribution in [3.63, 3.8) is 0 Å². The molecule has 0 aliphatic carbocycles. The van der Waals surface area contributed by atoms with Crippen molar-refractivity contribution in [3.8, 4) is 0 Å². The molecule has 2 rings (SSSR count). The third kappa shape index (κ3) is 10.7. The lowest BCUT2D eigenvalue weighted by molar-refractivity contribution is -0.359. The molecule has 2 aliphatic heterocycles. The lowest BCUT2D eigenvalue weighted by Crippen LogP contribution is -2.56. The number of hydrogen-bond donors (Lipinski definition) is 0. The molecule has 0 aromatic heterocycles. The average Bonchev–Trinajstić information content (AvgIpc) is 2.99. The van der Waals surface area contributed by atoms with E-state index in [1.807, 2.05) is 0 Å². The zero-order valence-electron chi connectivity index (χ0n) is 25.2. The van der Waals surface area contributed by atoms with Gasteiger partial charge in [-0.3, -0.25) is 9.59 Å². The molecular formula is C25H32F16N4O2S2. The first kappa shape index (κ1) is 43.6. The van der Waals surface area contributed by atoms with E-state index >= 15 is 0 Å². The molecule has 2 atom stereocenters. The Morgan fingerprint density at radius 3 is 1.00 bits per heavy atom. The normalized spacial score (nSPS) is 19.7. The van der Waals surface area contributed by atoms with E-state index in [1.54, 1.807) is 0 Å². The molecule has 0 aromatic carbocycles. The number of amides is 2. The van der Waals surface area contributed by atoms with Crippen LogP contribution in [0.15, 0.2) is 0 Å². The molecule has 0 spiro atoms. The van der Waals surface area contributed by atoms with Crippen LogP contribution in [0.25, 0.3) is 0 Å². The van der Waals surface area contributed by atoms with Gasteiger partial charge in [0.25, 0.3) is 0 Å². The minimum atomic E-state index is -6.66. The van der Waals surface area contributed by atoms with Crippen LogP contribution in [0.3, 0.4) is 0 Å². The molecule has 49 heavy (non-hydrogen) atoms. The van der Waals surface area contributed by atoms with Crippen molar-refractivity contribution in [2.75, 3.05) is 52.4 Å². The van der Waals surface area contributed by atoms with E-state index in [1.165, 1.54) is 9.80 Å². The highest BCUT2D eigenvalue weighted by Crippen LogP contribution is 2.52. The minimum Gasteiger partial charge on any atom is -0.340 e. The summed E-state index contributed by atoms with van der Waals surface area (Å²) in [5.74, 6) is -25.9. The van der Waals surface area contributed by atoms with Crippen LogP contribution in [0.2, 0.25) is 0 Å². The second-order valence-corrected chi connectivity index (χ2v) is 13.4. The van der Waals surface area contributed by atoms with Gasteiger partial charge in [0.15, 0.2) is 0 Å². The van der Waals surface area contributed by atoms with Gasteiger partial charge in [-0.25, -0.2) is 17.4 Å². The molecular weight excluding hydrogens is 756 g/mol. The van der Waals surface area contributed by atoms with E-state index in [9.17, 15) is 79.8 Å². The van der Waals surface area contributed by atoms with Crippen LogP contribution in [0.5, 0.6) is 0 Å². The lowest BCUT2D eigenvalue weighted by Gasteiger charge is -2.36. The van der Waals surface area contributed by atoms with E-state index in [0.29, 0.717) is 32.1 Å². The largest absolute Gasteiger partial charge is 0.460 e. The van der Waals surface area contributed by atoms with Gasteiger partial charge >= 0.3 is 36.0 Å². The summed E-state index contributed by atoms with van der Waals surface area (Å²) in [5.41, 5.74) is -7.79. The molecule has 288 valence electrons. The van der Waals surface area contributed by atoms with Crippen LogP contribution in [0, 0.1) is 0 Å². The molecule has 0 radical (unpaired) electrons. The Morgan fingerprint density at radius 1 is 0.469 bits per heavy atom. The first-order chi connectivity index (χ1) is 22.3. The van der Waals surface area contributed by atoms with E-state index in [0.717, 1.165) is 8.61 Å². The molecule has 2 unspecified atom stereocenters. The van der Waals surface area contributed by atoms with Crippen molar-refractivity contribution in [3.05, 3.63) is 0 Å². The molecule has 0 saturated carbocycles. The van der Waals surface area contributed by atoms with Crippen LogP contribution < -0.4 is 0 Å². The molecule has 0 aromatic rings. The summed E-state index contributed by atoms with van der Waals surface area (Å²) in [4.78, 5) is 27.4. The van der Waals surface area contributed by atoms with Gasteiger partial charge in [-0.2, -0.15) is 61.5 Å². The topological polar surface area (TPSA) is 47.1 Å². The Hall–Kier alpha value is -1.56. The molecule has 0 N–H and O–H groups in total. The van der Waals surface area contributed by atoms with Crippen molar-refractivity contribution in [1.29, 1.82) is 0 Å². The first-order valence-electron chi connectivity index (χ1n) is 14.6. The highest BCUT2D eigenvalue weighted by atomic mass is 32.2. The van der Waals surface area contributed by atoms with Crippen molar-refractivity contribution in [1.82, 2.24) is 18.4 Å². The SMILES string of the molecule is O=C(CCCCCCCC(=O)N1CCN(SC(F)C(F)(F)C(F)(F)C(F)(F)F)CC1)N1CCN(SC(F)C(F)(F)C(F)(F)C(F)(F)F)CC1. The fourth-order valence-electron chi connectivity index (χ4n) is 4.54. The summed E-state index contributed by atoms with van der Waals surface area (Å²) in [7, 11) is 0. The molecule has 2 amide bonds. The Kier molecular flexibility index (Phi) is 15.0. The third-order valence-corrected chi connectivity index (χ3v) is 9.86. The third-order valence-electron chi connectivity index (χ3n) is 7.57. The summed E-state index contributed by atoms with van der Waals surface area (Å²) in [5, 5.41) is 0. The summed E-state index contributed by atoms with van der Waals surface area (Å²) in [6, 6.07) is 0. The van der Waals surface area contributed by atoms with Crippen LogP contribution >= 0.6 is 23.9 Å². The Morgan fingerprint density at radius 2 is 0.735 bits per heavy atom. The number of carbonyl (C=O) groups is 2. The van der Waals surface area contributed by atoms with Gasteiger partial charge in [-0.05, 0) is 36.7 Å². The van der Waals surface area contributed by atoms with Crippen LogP contribution in [-0.4, -0.2) is 130 Å². The molecule has 0 bridgehead atoms. The van der Waals surface area contributed by atoms with Crippen molar-refractivity contribution >= 4 is 35.7 Å². The summed E-state index contributed by atoms with van der Waals surface area (Å²) in [6.07, 6.45) is -10.7. The first-order valence-corrected chi connectivity index (χ1v) is 16.3. The maximum Gasteiger partial charge on any atom is 0.460 e. The maximum absolute atomic E-state index is 13.8. The zero-order valence-corrected chi connectivity index (χ0v) is 26.9. The van der Waals surface area contributed by atoms with Gasteiger partial charge < -0.3 is 9.80 Å². The lowest BCUT2D eigenvalue weighted by atomic mass is 10.1. The summed E-state index contributed by atoms with van der Waals surface area (Å²) >= 11 is -0.991. The summed E-state index contributed by atoms with van der Waals surface area (Å²) in [6.45, 7) is -1.49. The highest BCUT2D eigenvalue weighted by Gasteiger charge is 2.77. The van der Waals surface area contributed by atoms with Crippen molar-refractivity contribution in [2.45, 2.75) is 92.0 Å². The van der Waals surface area contributed by atoms with E-state index in [2.05, 4.69) is 0 Å². The number of piperazine rings is 2. The number of hydrogen-bond acceptors (Lipinski definition) is 6. The number of halogens is 16. The van der Waals surface area contributed by atoms with Crippen molar-refractivity contribution < 1.29 is 79.8 Å². The minimum absolute atomic E-state index is 0.0650. The van der Waals surface area contributed by atoms with Gasteiger partial charge in [0, 0.05) is 65.2 Å². The second kappa shape index (κ2) is 16.8. The molecule has 2 saturated heterocycles. The van der Waals surface area contributed by atoms with Gasteiger partial charge in [0.05, 0.1) is 0 Å². The smallest absolute Gasteiger partial charge is 0.340 e.